The second-order valence-electron chi connectivity index (χ2n) is 4.82. The van der Waals surface area contributed by atoms with E-state index in [1.807, 2.05) is 42.9 Å². The normalized spacial score (nSPS) is 10.6. The molecule has 2 N–H and O–H groups in total. The predicted molar refractivity (Wildman–Crippen MR) is 80.1 cm³/mol. The summed E-state index contributed by atoms with van der Waals surface area (Å²) < 4.78 is 1.93. The van der Waals surface area contributed by atoms with Crippen molar-refractivity contribution in [2.75, 3.05) is 12.4 Å². The van der Waals surface area contributed by atoms with Crippen molar-refractivity contribution in [1.82, 2.24) is 15.1 Å². The molecule has 0 aliphatic carbocycles. The van der Waals surface area contributed by atoms with Crippen LogP contribution in [0.5, 0.6) is 0 Å². The van der Waals surface area contributed by atoms with E-state index in [1.54, 1.807) is 0 Å². The van der Waals surface area contributed by atoms with E-state index < -0.39 is 0 Å². The van der Waals surface area contributed by atoms with Gasteiger partial charge < -0.3 is 10.6 Å². The number of carbonyl (C=O) groups is 1. The van der Waals surface area contributed by atoms with E-state index in [-0.39, 0.29) is 5.91 Å². The fourth-order valence-electron chi connectivity index (χ4n) is 2.25. The lowest BCUT2D eigenvalue weighted by Gasteiger charge is -2.07. The van der Waals surface area contributed by atoms with Crippen LogP contribution in [-0.2, 0) is 11.3 Å². The van der Waals surface area contributed by atoms with Crippen molar-refractivity contribution in [2.24, 2.45) is 0 Å². The molecule has 0 spiro atoms. The van der Waals surface area contributed by atoms with Crippen molar-refractivity contribution >= 4 is 11.6 Å². The third kappa shape index (κ3) is 2.88. The molecule has 0 aliphatic heterocycles. The van der Waals surface area contributed by atoms with Gasteiger partial charge in [-0.05, 0) is 45.2 Å². The fraction of sp³-hybridized carbons (Fsp3) is 0.333. The van der Waals surface area contributed by atoms with Gasteiger partial charge in [0.25, 0.3) is 0 Å². The average Bonchev–Trinajstić information content (AvgIpc) is 2.67. The zero-order valence-electron chi connectivity index (χ0n) is 12.3. The van der Waals surface area contributed by atoms with E-state index in [9.17, 15) is 4.79 Å². The van der Waals surface area contributed by atoms with Crippen LogP contribution < -0.4 is 10.6 Å². The number of nitrogens with one attached hydrogen (secondary N) is 2. The summed E-state index contributed by atoms with van der Waals surface area (Å²) >= 11 is 0. The second-order valence-corrected chi connectivity index (χ2v) is 4.82. The van der Waals surface area contributed by atoms with Crippen LogP contribution in [0.3, 0.4) is 0 Å². The van der Waals surface area contributed by atoms with Crippen molar-refractivity contribution in [3.8, 4) is 5.69 Å². The van der Waals surface area contributed by atoms with Crippen LogP contribution in [0.25, 0.3) is 5.69 Å². The molecule has 5 heteroatoms. The zero-order chi connectivity index (χ0) is 14.7. The Morgan fingerprint density at radius 3 is 2.45 bits per heavy atom. The lowest BCUT2D eigenvalue weighted by molar-refractivity contribution is -0.114. The molecule has 5 nitrogen and oxygen atoms in total. The van der Waals surface area contributed by atoms with E-state index in [0.29, 0.717) is 0 Å². The van der Waals surface area contributed by atoms with Crippen LogP contribution >= 0.6 is 0 Å². The van der Waals surface area contributed by atoms with Gasteiger partial charge in [-0.2, -0.15) is 5.10 Å². The summed E-state index contributed by atoms with van der Waals surface area (Å²) in [5.74, 6) is -0.0693. The summed E-state index contributed by atoms with van der Waals surface area (Å²) in [7, 11) is 1.93. The van der Waals surface area contributed by atoms with Gasteiger partial charge >= 0.3 is 0 Å². The van der Waals surface area contributed by atoms with Gasteiger partial charge in [0.2, 0.25) is 5.91 Å². The summed E-state index contributed by atoms with van der Waals surface area (Å²) in [6, 6.07) is 7.66. The highest BCUT2D eigenvalue weighted by Gasteiger charge is 2.11. The SMILES string of the molecule is CNCc1c(C)nn(-c2ccc(NC(C)=O)cc2)c1C. The lowest BCUT2D eigenvalue weighted by Crippen LogP contribution is -2.07. The highest BCUT2D eigenvalue weighted by Crippen LogP contribution is 2.19. The highest BCUT2D eigenvalue weighted by atomic mass is 16.1. The number of anilines is 1. The summed E-state index contributed by atoms with van der Waals surface area (Å²) in [6.45, 7) is 6.39. The molecule has 2 rings (SSSR count). The number of rotatable bonds is 4. The van der Waals surface area contributed by atoms with Crippen molar-refractivity contribution in [1.29, 1.82) is 0 Å². The maximum Gasteiger partial charge on any atom is 0.221 e. The first-order valence-corrected chi connectivity index (χ1v) is 6.60. The zero-order valence-corrected chi connectivity index (χ0v) is 12.3. The third-order valence-electron chi connectivity index (χ3n) is 3.23. The van der Waals surface area contributed by atoms with Gasteiger partial charge in [-0.3, -0.25) is 4.79 Å². The smallest absolute Gasteiger partial charge is 0.221 e. The summed E-state index contributed by atoms with van der Waals surface area (Å²) in [5.41, 5.74) is 5.16. The Morgan fingerprint density at radius 2 is 1.90 bits per heavy atom. The first-order valence-electron chi connectivity index (χ1n) is 6.60. The number of carbonyl (C=O) groups excluding carboxylic acids is 1. The molecule has 0 unspecified atom stereocenters. The van der Waals surface area contributed by atoms with Gasteiger partial charge in [-0.25, -0.2) is 4.68 Å². The van der Waals surface area contributed by atoms with Gasteiger partial charge in [0.1, 0.15) is 0 Å². The Morgan fingerprint density at radius 1 is 1.25 bits per heavy atom. The van der Waals surface area contributed by atoms with E-state index in [1.165, 1.54) is 12.5 Å². The number of hydrogen-bond donors (Lipinski definition) is 2. The fourth-order valence-corrected chi connectivity index (χ4v) is 2.25. The van der Waals surface area contributed by atoms with Crippen LogP contribution in [0.2, 0.25) is 0 Å². The predicted octanol–water partition coefficient (Wildman–Crippen LogP) is 2.17. The molecule has 1 amide bonds. The van der Waals surface area contributed by atoms with Gasteiger partial charge in [0, 0.05) is 30.4 Å². The molecule has 0 saturated heterocycles. The van der Waals surface area contributed by atoms with Crippen molar-refractivity contribution in [2.45, 2.75) is 27.3 Å². The third-order valence-corrected chi connectivity index (χ3v) is 3.23. The monoisotopic (exact) mass is 272 g/mol. The minimum absolute atomic E-state index is 0.0693. The molecule has 20 heavy (non-hydrogen) atoms. The molecule has 0 radical (unpaired) electrons. The molecular formula is C15H20N4O. The van der Waals surface area contributed by atoms with Gasteiger partial charge in [0.05, 0.1) is 11.4 Å². The Bertz CT molecular complexity index is 614. The molecule has 1 aromatic heterocycles. The van der Waals surface area contributed by atoms with Crippen molar-refractivity contribution in [3.05, 3.63) is 41.2 Å². The molecule has 106 valence electrons. The summed E-state index contributed by atoms with van der Waals surface area (Å²) in [6.07, 6.45) is 0. The number of amides is 1. The maximum absolute atomic E-state index is 11.0. The van der Waals surface area contributed by atoms with E-state index in [4.69, 9.17) is 0 Å². The molecule has 0 saturated carbocycles. The van der Waals surface area contributed by atoms with Crippen molar-refractivity contribution in [3.63, 3.8) is 0 Å². The second kappa shape index (κ2) is 5.88. The van der Waals surface area contributed by atoms with Crippen LogP contribution in [0, 0.1) is 13.8 Å². The average molecular weight is 272 g/mol. The molecule has 2 aromatic rings. The Hall–Kier alpha value is -2.14. The first-order chi connectivity index (χ1) is 9.52. The number of aromatic nitrogens is 2. The Labute approximate surface area is 119 Å². The number of hydrogen-bond acceptors (Lipinski definition) is 3. The van der Waals surface area contributed by atoms with Gasteiger partial charge in [-0.15, -0.1) is 0 Å². The largest absolute Gasteiger partial charge is 0.326 e. The number of nitrogens with zero attached hydrogens (tertiary/aromatic N) is 2. The van der Waals surface area contributed by atoms with E-state index >= 15 is 0 Å². The molecule has 0 bridgehead atoms. The Kier molecular flexibility index (Phi) is 4.20. The topological polar surface area (TPSA) is 59.0 Å². The minimum Gasteiger partial charge on any atom is -0.326 e. The highest BCUT2D eigenvalue weighted by molar-refractivity contribution is 5.88. The standard InChI is InChI=1S/C15H20N4O/c1-10-15(9-16-4)11(2)19(18-10)14-7-5-13(6-8-14)17-12(3)20/h5-8,16H,9H2,1-4H3,(H,17,20). The summed E-state index contributed by atoms with van der Waals surface area (Å²) in [5, 5.41) is 10.5. The van der Waals surface area contributed by atoms with Crippen LogP contribution in [0.4, 0.5) is 5.69 Å². The van der Waals surface area contributed by atoms with Gasteiger partial charge in [-0.1, -0.05) is 0 Å². The first kappa shape index (κ1) is 14.3. The Balaban J connectivity index is 2.32. The van der Waals surface area contributed by atoms with E-state index in [0.717, 1.165) is 29.3 Å². The maximum atomic E-state index is 11.0. The molecule has 1 heterocycles. The van der Waals surface area contributed by atoms with Crippen LogP contribution in [0.1, 0.15) is 23.9 Å². The number of aryl methyl sites for hydroxylation is 1. The minimum atomic E-state index is -0.0693. The lowest BCUT2D eigenvalue weighted by atomic mass is 10.2. The van der Waals surface area contributed by atoms with Crippen molar-refractivity contribution < 1.29 is 4.79 Å². The number of benzene rings is 1. The molecule has 0 aliphatic rings. The quantitative estimate of drug-likeness (QED) is 0.896. The molecule has 0 atom stereocenters. The summed E-state index contributed by atoms with van der Waals surface area (Å²) in [4.78, 5) is 11.0. The van der Waals surface area contributed by atoms with E-state index in [2.05, 4.69) is 22.7 Å². The van der Waals surface area contributed by atoms with Crippen LogP contribution in [-0.4, -0.2) is 22.7 Å². The molecular weight excluding hydrogens is 252 g/mol. The molecule has 0 fully saturated rings. The van der Waals surface area contributed by atoms with Gasteiger partial charge in [0.15, 0.2) is 0 Å². The van der Waals surface area contributed by atoms with Crippen LogP contribution in [0.15, 0.2) is 24.3 Å². The molecule has 1 aromatic carbocycles.